The lowest BCUT2D eigenvalue weighted by molar-refractivity contribution is 0.881. The minimum atomic E-state index is 0.00767. The topological polar surface area (TPSA) is 3.24 Å². The Balaban J connectivity index is 1.26. The molecular weight excluding hydrogens is 651 g/mol. The Labute approximate surface area is 321 Å². The Hall–Kier alpha value is -6.18. The second kappa shape index (κ2) is 15.4. The van der Waals surface area contributed by atoms with Gasteiger partial charge in [-0.2, -0.15) is 0 Å². The highest BCUT2D eigenvalue weighted by Crippen LogP contribution is 2.54. The van der Waals surface area contributed by atoms with Crippen molar-refractivity contribution in [1.82, 2.24) is 0 Å². The molecule has 5 aliphatic carbocycles. The predicted octanol–water partition coefficient (Wildman–Crippen LogP) is 13.8. The van der Waals surface area contributed by atoms with Gasteiger partial charge in [-0.1, -0.05) is 166 Å². The maximum atomic E-state index is 4.81. The van der Waals surface area contributed by atoms with Crippen LogP contribution in [0.5, 0.6) is 0 Å². The Bertz CT molecular complexity index is 2410. The van der Waals surface area contributed by atoms with Gasteiger partial charge in [0.15, 0.2) is 0 Å². The van der Waals surface area contributed by atoms with Gasteiger partial charge in [0.1, 0.15) is 0 Å². The molecule has 8 rings (SSSR count). The number of benzene rings is 3. The summed E-state index contributed by atoms with van der Waals surface area (Å²) in [5.74, 6) is 0.00767. The molecule has 1 heteroatoms. The van der Waals surface area contributed by atoms with Crippen LogP contribution in [0.3, 0.4) is 0 Å². The maximum absolute atomic E-state index is 4.81. The fraction of sp³-hybridized carbons (Fsp3) is 0.132. The number of nitrogens with zero attached hydrogens (tertiary/aromatic N) is 1. The molecule has 0 spiro atoms. The molecule has 0 amide bonds. The van der Waals surface area contributed by atoms with Crippen LogP contribution in [0, 0.1) is 5.92 Å². The standard InChI is InChI=1S/C53H47N/c1-5-8-9-10-14-27-48-52(40(20-6-2)33-32-39-23-17-30-47-46-28-18-24-41(46)36-49(39)47)37(4)44-34-35-51(53(44)48)54(42-25-12-11-13-26-42)50-31-19-29-45(43(50)7-3)38-21-15-16-22-38/h5-6,8-15,17-27,29-35,53H,1,4,7,16,28,36H2,2-3H3/b9-8-,14-10-,20-6-,33-32-,48-27-,52-40-. The molecule has 0 saturated heterocycles. The molecule has 0 N–H and O–H groups in total. The van der Waals surface area contributed by atoms with E-state index in [2.05, 4.69) is 177 Å². The molecular formula is C53H47N. The van der Waals surface area contributed by atoms with E-state index in [0.29, 0.717) is 0 Å². The Kier molecular flexibility index (Phi) is 9.97. The fourth-order valence-corrected chi connectivity index (χ4v) is 8.78. The van der Waals surface area contributed by atoms with Crippen molar-refractivity contribution in [1.29, 1.82) is 0 Å². The van der Waals surface area contributed by atoms with E-state index in [0.717, 1.165) is 42.5 Å². The Morgan fingerprint density at radius 3 is 2.50 bits per heavy atom. The molecule has 3 aromatic carbocycles. The van der Waals surface area contributed by atoms with Gasteiger partial charge >= 0.3 is 0 Å². The summed E-state index contributed by atoms with van der Waals surface area (Å²) in [4.78, 5) is 2.50. The average molecular weight is 698 g/mol. The van der Waals surface area contributed by atoms with Crippen molar-refractivity contribution >= 4 is 28.6 Å². The summed E-state index contributed by atoms with van der Waals surface area (Å²) in [7, 11) is 0. The Morgan fingerprint density at radius 1 is 0.870 bits per heavy atom. The largest absolute Gasteiger partial charge is 0.313 e. The first-order valence-corrected chi connectivity index (χ1v) is 19.3. The van der Waals surface area contributed by atoms with E-state index in [-0.39, 0.29) is 5.92 Å². The van der Waals surface area contributed by atoms with Gasteiger partial charge in [0.2, 0.25) is 0 Å². The van der Waals surface area contributed by atoms with Crippen molar-refractivity contribution in [2.45, 2.75) is 39.5 Å². The summed E-state index contributed by atoms with van der Waals surface area (Å²) in [5, 5.41) is 0. The highest BCUT2D eigenvalue weighted by molar-refractivity contribution is 5.87. The molecule has 0 bridgehead atoms. The van der Waals surface area contributed by atoms with Crippen molar-refractivity contribution in [2.75, 3.05) is 4.90 Å². The summed E-state index contributed by atoms with van der Waals surface area (Å²) in [6.07, 6.45) is 41.4. The molecule has 264 valence electrons. The van der Waals surface area contributed by atoms with Crippen LogP contribution >= 0.6 is 0 Å². The second-order valence-corrected chi connectivity index (χ2v) is 14.2. The third-order valence-corrected chi connectivity index (χ3v) is 11.1. The number of hydrogen-bond donors (Lipinski definition) is 0. The highest BCUT2D eigenvalue weighted by atomic mass is 15.2. The van der Waals surface area contributed by atoms with Crippen LogP contribution < -0.4 is 4.90 Å². The van der Waals surface area contributed by atoms with E-state index in [4.69, 9.17) is 6.58 Å². The van der Waals surface area contributed by atoms with Crippen molar-refractivity contribution in [3.05, 3.63) is 244 Å². The van der Waals surface area contributed by atoms with E-state index < -0.39 is 0 Å². The molecule has 1 saturated carbocycles. The Morgan fingerprint density at radius 2 is 1.70 bits per heavy atom. The predicted molar refractivity (Wildman–Crippen MR) is 233 cm³/mol. The quantitative estimate of drug-likeness (QED) is 0.180. The minimum absolute atomic E-state index is 0.00767. The van der Waals surface area contributed by atoms with Crippen molar-refractivity contribution in [3.8, 4) is 0 Å². The van der Waals surface area contributed by atoms with Crippen LogP contribution in [-0.4, -0.2) is 0 Å². The third kappa shape index (κ3) is 6.31. The summed E-state index contributed by atoms with van der Waals surface area (Å²) >= 11 is 0. The fourth-order valence-electron chi connectivity index (χ4n) is 8.78. The first-order chi connectivity index (χ1) is 26.6. The monoisotopic (exact) mass is 697 g/mol. The summed E-state index contributed by atoms with van der Waals surface area (Å²) in [5.41, 5.74) is 20.6. The minimum Gasteiger partial charge on any atom is -0.313 e. The van der Waals surface area contributed by atoms with Crippen LogP contribution in [0.1, 0.15) is 54.5 Å². The van der Waals surface area contributed by atoms with Crippen LogP contribution in [-0.2, 0) is 12.8 Å². The van der Waals surface area contributed by atoms with Crippen molar-refractivity contribution < 1.29 is 0 Å². The van der Waals surface area contributed by atoms with Crippen molar-refractivity contribution in [3.63, 3.8) is 0 Å². The average Bonchev–Trinajstić information content (AvgIpc) is 4.04. The van der Waals surface area contributed by atoms with Gasteiger partial charge in [-0.15, -0.1) is 0 Å². The molecule has 0 aliphatic heterocycles. The summed E-state index contributed by atoms with van der Waals surface area (Å²) < 4.78 is 0. The van der Waals surface area contributed by atoms with Gasteiger partial charge in [-0.25, -0.2) is 0 Å². The van der Waals surface area contributed by atoms with Crippen LogP contribution in [0.15, 0.2) is 216 Å². The van der Waals surface area contributed by atoms with Crippen molar-refractivity contribution in [2.24, 2.45) is 5.92 Å². The highest BCUT2D eigenvalue weighted by Gasteiger charge is 2.41. The molecule has 1 nitrogen and oxygen atoms in total. The molecule has 1 atom stereocenters. The van der Waals surface area contributed by atoms with Gasteiger partial charge in [0.25, 0.3) is 0 Å². The van der Waals surface area contributed by atoms with Gasteiger partial charge in [-0.05, 0) is 129 Å². The summed E-state index contributed by atoms with van der Waals surface area (Å²) in [6, 6.07) is 24.4. The number of fused-ring (bicyclic) bond motifs is 3. The van der Waals surface area contributed by atoms with Gasteiger partial charge in [-0.3, -0.25) is 0 Å². The number of hydrogen-bond acceptors (Lipinski definition) is 1. The SMILES string of the molecule is C=C/C=C\C=C/C=C1/C(=C(/C=C\C)\C=C/c2cccc3c2CC2=C3CC=C2)C(=C)C2=CC=C(N(c3ccccc3)c3cccc(C4=CCC=C4)c3CC)C21. The second-order valence-electron chi connectivity index (χ2n) is 14.2. The molecule has 1 unspecified atom stereocenters. The summed E-state index contributed by atoms with van der Waals surface area (Å²) in [6.45, 7) is 13.1. The number of rotatable bonds is 11. The maximum Gasteiger partial charge on any atom is 0.0509 e. The lowest BCUT2D eigenvalue weighted by atomic mass is 9.91. The molecule has 0 heterocycles. The number of para-hydroxylation sites is 1. The normalized spacial score (nSPS) is 20.3. The number of allylic oxidation sites excluding steroid dienone is 23. The smallest absolute Gasteiger partial charge is 0.0509 e. The molecule has 1 fully saturated rings. The first kappa shape index (κ1) is 34.9. The number of anilines is 2. The first-order valence-electron chi connectivity index (χ1n) is 19.3. The van der Waals surface area contributed by atoms with E-state index in [1.54, 1.807) is 0 Å². The van der Waals surface area contributed by atoms with E-state index in [1.165, 1.54) is 72.6 Å². The van der Waals surface area contributed by atoms with E-state index in [1.807, 2.05) is 18.2 Å². The van der Waals surface area contributed by atoms with Gasteiger partial charge in [0, 0.05) is 17.1 Å². The molecule has 0 radical (unpaired) electrons. The zero-order valence-electron chi connectivity index (χ0n) is 31.4. The molecule has 3 aromatic rings. The van der Waals surface area contributed by atoms with Gasteiger partial charge in [0.05, 0.1) is 5.92 Å². The third-order valence-electron chi connectivity index (χ3n) is 11.1. The molecule has 5 aliphatic rings. The van der Waals surface area contributed by atoms with Crippen LogP contribution in [0.25, 0.3) is 17.2 Å². The van der Waals surface area contributed by atoms with Crippen LogP contribution in [0.2, 0.25) is 0 Å². The lowest BCUT2D eigenvalue weighted by Gasteiger charge is -2.33. The van der Waals surface area contributed by atoms with Gasteiger partial charge < -0.3 is 4.90 Å². The van der Waals surface area contributed by atoms with E-state index >= 15 is 0 Å². The zero-order chi connectivity index (χ0) is 37.0. The molecule has 54 heavy (non-hydrogen) atoms. The zero-order valence-corrected chi connectivity index (χ0v) is 31.4. The molecule has 0 aromatic heterocycles. The lowest BCUT2D eigenvalue weighted by Crippen LogP contribution is -2.23. The van der Waals surface area contributed by atoms with Crippen LogP contribution in [0.4, 0.5) is 11.4 Å². The van der Waals surface area contributed by atoms with E-state index in [9.17, 15) is 0 Å².